The van der Waals surface area contributed by atoms with Crippen LogP contribution in [0.15, 0.2) is 12.3 Å². The smallest absolute Gasteiger partial charge is 0.0448 e. The molecule has 1 heteroatoms. The molecule has 0 N–H and O–H groups in total. The lowest BCUT2D eigenvalue weighted by Crippen LogP contribution is -2.46. The van der Waals surface area contributed by atoms with Gasteiger partial charge in [-0.25, -0.2) is 0 Å². The van der Waals surface area contributed by atoms with Gasteiger partial charge in [-0.3, -0.25) is 0 Å². The molecule has 0 radical (unpaired) electrons. The summed E-state index contributed by atoms with van der Waals surface area (Å²) in [5.41, 5.74) is 0.333. The molecule has 0 aromatic rings. The fraction of sp³-hybridized carbons (Fsp3) is 0.800. The maximum Gasteiger partial charge on any atom is 0.0448 e. The van der Waals surface area contributed by atoms with Crippen LogP contribution in [0, 0.1) is 11.8 Å². The SMILES string of the molecule is CC(C)[C@@]1(C)C(C)C=CN1C. The summed E-state index contributed by atoms with van der Waals surface area (Å²) in [6.07, 6.45) is 4.49. The molecule has 0 bridgehead atoms. The van der Waals surface area contributed by atoms with Crippen molar-refractivity contribution >= 4 is 0 Å². The van der Waals surface area contributed by atoms with Gasteiger partial charge < -0.3 is 4.90 Å². The molecule has 0 aromatic carbocycles. The molecule has 0 fully saturated rings. The summed E-state index contributed by atoms with van der Waals surface area (Å²) < 4.78 is 0. The van der Waals surface area contributed by atoms with Crippen LogP contribution in [0.25, 0.3) is 0 Å². The summed E-state index contributed by atoms with van der Waals surface area (Å²) >= 11 is 0. The second-order valence-corrected chi connectivity index (χ2v) is 4.12. The molecule has 64 valence electrons. The van der Waals surface area contributed by atoms with Crippen LogP contribution in [0.2, 0.25) is 0 Å². The van der Waals surface area contributed by atoms with E-state index in [4.69, 9.17) is 0 Å². The molecule has 0 aliphatic carbocycles. The lowest BCUT2D eigenvalue weighted by atomic mass is 9.79. The van der Waals surface area contributed by atoms with Crippen LogP contribution < -0.4 is 0 Å². The van der Waals surface area contributed by atoms with Gasteiger partial charge in [-0.05, 0) is 25.0 Å². The maximum absolute atomic E-state index is 2.34. The number of rotatable bonds is 1. The molecule has 0 saturated heterocycles. The highest BCUT2D eigenvalue weighted by Crippen LogP contribution is 2.36. The van der Waals surface area contributed by atoms with Crippen LogP contribution in [0.5, 0.6) is 0 Å². The van der Waals surface area contributed by atoms with Gasteiger partial charge in [0.15, 0.2) is 0 Å². The van der Waals surface area contributed by atoms with Crippen LogP contribution in [0.3, 0.4) is 0 Å². The van der Waals surface area contributed by atoms with Gasteiger partial charge in [0.05, 0.1) is 0 Å². The first-order valence-electron chi connectivity index (χ1n) is 4.41. The van der Waals surface area contributed by atoms with E-state index < -0.39 is 0 Å². The van der Waals surface area contributed by atoms with E-state index in [-0.39, 0.29) is 0 Å². The zero-order chi connectivity index (χ0) is 8.65. The molecular weight excluding hydrogens is 134 g/mol. The van der Waals surface area contributed by atoms with Crippen LogP contribution >= 0.6 is 0 Å². The van der Waals surface area contributed by atoms with Crippen molar-refractivity contribution in [1.29, 1.82) is 0 Å². The van der Waals surface area contributed by atoms with Crippen molar-refractivity contribution in [2.24, 2.45) is 11.8 Å². The lowest BCUT2D eigenvalue weighted by molar-refractivity contribution is 0.117. The van der Waals surface area contributed by atoms with Gasteiger partial charge in [-0.15, -0.1) is 0 Å². The van der Waals surface area contributed by atoms with Crippen molar-refractivity contribution in [3.8, 4) is 0 Å². The van der Waals surface area contributed by atoms with Gasteiger partial charge in [0.25, 0.3) is 0 Å². The predicted molar refractivity (Wildman–Crippen MR) is 49.3 cm³/mol. The van der Waals surface area contributed by atoms with E-state index in [1.807, 2.05) is 0 Å². The summed E-state index contributed by atoms with van der Waals surface area (Å²) in [6, 6.07) is 0. The molecule has 0 saturated carbocycles. The van der Waals surface area contributed by atoms with E-state index in [2.05, 4.69) is 51.9 Å². The molecule has 0 spiro atoms. The highest BCUT2D eigenvalue weighted by Gasteiger charge is 2.39. The highest BCUT2D eigenvalue weighted by atomic mass is 15.2. The Morgan fingerprint density at radius 3 is 2.18 bits per heavy atom. The summed E-state index contributed by atoms with van der Waals surface area (Å²) in [5.74, 6) is 1.38. The fourth-order valence-electron chi connectivity index (χ4n) is 1.87. The fourth-order valence-corrected chi connectivity index (χ4v) is 1.87. The van der Waals surface area contributed by atoms with Gasteiger partial charge in [0.1, 0.15) is 0 Å². The largest absolute Gasteiger partial charge is 0.374 e. The molecular formula is C10H19N. The van der Waals surface area contributed by atoms with E-state index in [9.17, 15) is 0 Å². The average molecular weight is 153 g/mol. The predicted octanol–water partition coefficient (Wildman–Crippen LogP) is 2.50. The van der Waals surface area contributed by atoms with Gasteiger partial charge in [0, 0.05) is 12.6 Å². The van der Waals surface area contributed by atoms with E-state index >= 15 is 0 Å². The Morgan fingerprint density at radius 2 is 2.00 bits per heavy atom. The van der Waals surface area contributed by atoms with E-state index in [1.54, 1.807) is 0 Å². The minimum Gasteiger partial charge on any atom is -0.374 e. The first-order chi connectivity index (χ1) is 4.99. The van der Waals surface area contributed by atoms with Gasteiger partial charge in [-0.2, -0.15) is 0 Å². The Bertz CT molecular complexity index is 158. The first-order valence-corrected chi connectivity index (χ1v) is 4.41. The highest BCUT2D eigenvalue weighted by molar-refractivity contribution is 5.10. The van der Waals surface area contributed by atoms with Crippen LogP contribution in [-0.4, -0.2) is 17.5 Å². The van der Waals surface area contributed by atoms with Crippen molar-refractivity contribution < 1.29 is 0 Å². The van der Waals surface area contributed by atoms with Crippen molar-refractivity contribution in [2.75, 3.05) is 7.05 Å². The summed E-state index contributed by atoms with van der Waals surface area (Å²) in [7, 11) is 2.17. The second-order valence-electron chi connectivity index (χ2n) is 4.12. The number of hydrogen-bond acceptors (Lipinski definition) is 1. The van der Waals surface area contributed by atoms with Gasteiger partial charge in [0.2, 0.25) is 0 Å². The Kier molecular flexibility index (Phi) is 2.00. The van der Waals surface area contributed by atoms with Gasteiger partial charge in [-0.1, -0.05) is 26.8 Å². The minimum atomic E-state index is 0.333. The van der Waals surface area contributed by atoms with Crippen molar-refractivity contribution in [3.63, 3.8) is 0 Å². The Balaban J connectivity index is 2.85. The Morgan fingerprint density at radius 1 is 1.45 bits per heavy atom. The summed E-state index contributed by atoms with van der Waals surface area (Å²) in [5, 5.41) is 0. The number of nitrogens with zero attached hydrogens (tertiary/aromatic N) is 1. The van der Waals surface area contributed by atoms with E-state index in [0.29, 0.717) is 17.4 Å². The summed E-state index contributed by atoms with van der Waals surface area (Å²) in [6.45, 7) is 9.21. The van der Waals surface area contributed by atoms with E-state index in [0.717, 1.165) is 0 Å². The molecule has 0 aromatic heterocycles. The third-order valence-corrected chi connectivity index (χ3v) is 3.45. The molecule has 11 heavy (non-hydrogen) atoms. The molecule has 1 nitrogen and oxygen atoms in total. The van der Waals surface area contributed by atoms with Crippen LogP contribution in [0.4, 0.5) is 0 Å². The standard InChI is InChI=1S/C10H19N/c1-8(2)10(4)9(3)6-7-11(10)5/h6-9H,1-5H3/t9?,10-/m0/s1. The Hall–Kier alpha value is -0.460. The molecule has 1 unspecified atom stereocenters. The first kappa shape index (κ1) is 8.63. The lowest BCUT2D eigenvalue weighted by Gasteiger charge is -2.41. The summed E-state index contributed by atoms with van der Waals surface area (Å²) in [4.78, 5) is 2.34. The second kappa shape index (κ2) is 2.54. The van der Waals surface area contributed by atoms with E-state index in [1.165, 1.54) is 0 Å². The van der Waals surface area contributed by atoms with Crippen LogP contribution in [-0.2, 0) is 0 Å². The monoisotopic (exact) mass is 153 g/mol. The topological polar surface area (TPSA) is 3.24 Å². The zero-order valence-corrected chi connectivity index (χ0v) is 8.26. The van der Waals surface area contributed by atoms with Crippen molar-refractivity contribution in [1.82, 2.24) is 4.90 Å². The third kappa shape index (κ3) is 1.07. The maximum atomic E-state index is 2.34. The van der Waals surface area contributed by atoms with Crippen molar-refractivity contribution in [2.45, 2.75) is 33.2 Å². The molecule has 1 rings (SSSR count). The molecule has 1 aliphatic heterocycles. The molecule has 1 heterocycles. The quantitative estimate of drug-likeness (QED) is 0.559. The van der Waals surface area contributed by atoms with Gasteiger partial charge >= 0.3 is 0 Å². The average Bonchev–Trinajstić information content (AvgIpc) is 2.18. The zero-order valence-electron chi connectivity index (χ0n) is 8.26. The van der Waals surface area contributed by atoms with Crippen LogP contribution in [0.1, 0.15) is 27.7 Å². The van der Waals surface area contributed by atoms with Crippen molar-refractivity contribution in [3.05, 3.63) is 12.3 Å². The third-order valence-electron chi connectivity index (χ3n) is 3.45. The number of hydrogen-bond donors (Lipinski definition) is 0. The minimum absolute atomic E-state index is 0.333. The molecule has 2 atom stereocenters. The molecule has 0 amide bonds. The normalized spacial score (nSPS) is 37.3. The molecule has 1 aliphatic rings. The Labute approximate surface area is 70.1 Å².